The number of nitrogens with one attached hydrogen (secondary N) is 1. The zero-order valence-corrected chi connectivity index (χ0v) is 29.0. The summed E-state index contributed by atoms with van der Waals surface area (Å²) >= 11 is 0. The molecule has 2 aromatic heterocycles. The van der Waals surface area contributed by atoms with Crippen molar-refractivity contribution in [2.45, 2.75) is 45.6 Å². The monoisotopic (exact) mass is 651 g/mol. The molecule has 0 atom stereocenters. The fourth-order valence-corrected chi connectivity index (χ4v) is 6.19. The van der Waals surface area contributed by atoms with E-state index >= 15 is 0 Å². The van der Waals surface area contributed by atoms with E-state index in [1.54, 1.807) is 4.90 Å². The highest BCUT2D eigenvalue weighted by atomic mass is 16.6. The largest absolute Gasteiger partial charge is 0.457 e. The standard InChI is InChI=1S/C38H49N7O3/c1-38(2,3)48-37(46)45-23-21-44(22-24-45)36-16-9-28(27-40-36)33-26-34(39-17-8-18-42(4)5)32-15-14-31(25-35(32)41-33)47-30-12-10-29(11-13-30)43-19-6-7-20-43/h9-16,25-27H,6-8,17-24H2,1-5H3,(H,39,41). The number of rotatable bonds is 10. The van der Waals surface area contributed by atoms with E-state index in [-0.39, 0.29) is 6.09 Å². The molecule has 2 aliphatic rings. The Hall–Kier alpha value is -4.57. The first kappa shape index (κ1) is 33.3. The summed E-state index contributed by atoms with van der Waals surface area (Å²) in [6.07, 6.45) is 5.17. The van der Waals surface area contributed by atoms with Gasteiger partial charge in [0, 0.05) is 80.4 Å². The van der Waals surface area contributed by atoms with Crippen LogP contribution in [0.2, 0.25) is 0 Å². The lowest BCUT2D eigenvalue weighted by atomic mass is 10.1. The zero-order chi connectivity index (χ0) is 33.7. The molecule has 0 saturated carbocycles. The van der Waals surface area contributed by atoms with Gasteiger partial charge in [-0.3, -0.25) is 0 Å². The second kappa shape index (κ2) is 14.7. The molecule has 4 heterocycles. The highest BCUT2D eigenvalue weighted by Crippen LogP contribution is 2.33. The number of fused-ring (bicyclic) bond motifs is 1. The molecule has 254 valence electrons. The van der Waals surface area contributed by atoms with E-state index in [2.05, 4.69) is 64.4 Å². The maximum atomic E-state index is 12.5. The van der Waals surface area contributed by atoms with Crippen LogP contribution in [0.25, 0.3) is 22.2 Å². The average Bonchev–Trinajstić information content (AvgIpc) is 3.61. The van der Waals surface area contributed by atoms with Crippen LogP contribution in [0, 0.1) is 0 Å². The van der Waals surface area contributed by atoms with Crippen LogP contribution in [-0.2, 0) is 4.74 Å². The Labute approximate surface area is 284 Å². The molecule has 0 radical (unpaired) electrons. The number of amides is 1. The van der Waals surface area contributed by atoms with E-state index in [9.17, 15) is 4.79 Å². The minimum absolute atomic E-state index is 0.261. The Morgan fingerprint density at radius 1 is 0.875 bits per heavy atom. The summed E-state index contributed by atoms with van der Waals surface area (Å²) < 4.78 is 11.9. The van der Waals surface area contributed by atoms with Crippen LogP contribution in [0.4, 0.5) is 22.0 Å². The second-order valence-corrected chi connectivity index (χ2v) is 14.0. The van der Waals surface area contributed by atoms with Crippen molar-refractivity contribution in [3.05, 3.63) is 66.9 Å². The maximum absolute atomic E-state index is 12.5. The Kier molecular flexibility index (Phi) is 10.2. The lowest BCUT2D eigenvalue weighted by molar-refractivity contribution is 0.0240. The van der Waals surface area contributed by atoms with Crippen LogP contribution >= 0.6 is 0 Å². The van der Waals surface area contributed by atoms with E-state index in [4.69, 9.17) is 19.4 Å². The number of hydrogen-bond acceptors (Lipinski definition) is 9. The van der Waals surface area contributed by atoms with Crippen LogP contribution in [0.5, 0.6) is 11.5 Å². The molecule has 1 N–H and O–H groups in total. The molecular weight excluding hydrogens is 602 g/mol. The Balaban J connectivity index is 1.19. The Morgan fingerprint density at radius 3 is 2.27 bits per heavy atom. The second-order valence-electron chi connectivity index (χ2n) is 14.0. The van der Waals surface area contributed by atoms with E-state index in [0.29, 0.717) is 26.2 Å². The third-order valence-electron chi connectivity index (χ3n) is 8.72. The normalized spacial score (nSPS) is 15.3. The van der Waals surface area contributed by atoms with Gasteiger partial charge >= 0.3 is 6.09 Å². The summed E-state index contributed by atoms with van der Waals surface area (Å²) in [4.78, 5) is 31.0. The van der Waals surface area contributed by atoms with Gasteiger partial charge in [0.25, 0.3) is 0 Å². The van der Waals surface area contributed by atoms with Gasteiger partial charge in [0.05, 0.1) is 11.2 Å². The number of nitrogens with zero attached hydrogens (tertiary/aromatic N) is 6. The summed E-state index contributed by atoms with van der Waals surface area (Å²) in [5.41, 5.74) is 4.43. The quantitative estimate of drug-likeness (QED) is 0.180. The summed E-state index contributed by atoms with van der Waals surface area (Å²) in [5, 5.41) is 4.71. The molecule has 0 aliphatic carbocycles. The van der Waals surface area contributed by atoms with E-state index in [0.717, 1.165) is 77.8 Å². The van der Waals surface area contributed by atoms with Crippen LogP contribution in [-0.4, -0.2) is 97.9 Å². The van der Waals surface area contributed by atoms with Crippen LogP contribution < -0.4 is 19.9 Å². The van der Waals surface area contributed by atoms with Crippen molar-refractivity contribution in [1.29, 1.82) is 0 Å². The van der Waals surface area contributed by atoms with E-state index in [1.165, 1.54) is 18.5 Å². The SMILES string of the molecule is CN(C)CCCNc1cc(-c2ccc(N3CCN(C(=O)OC(C)(C)C)CC3)nc2)nc2cc(Oc3ccc(N4CCCC4)cc3)ccc12. The summed E-state index contributed by atoms with van der Waals surface area (Å²) in [7, 11) is 4.19. The molecule has 10 heteroatoms. The number of aromatic nitrogens is 2. The van der Waals surface area contributed by atoms with Crippen LogP contribution in [0.3, 0.4) is 0 Å². The molecule has 1 amide bonds. The predicted molar refractivity (Wildman–Crippen MR) is 195 cm³/mol. The molecule has 0 spiro atoms. The average molecular weight is 652 g/mol. The van der Waals surface area contributed by atoms with Crippen molar-refractivity contribution in [2.24, 2.45) is 0 Å². The van der Waals surface area contributed by atoms with Crippen molar-refractivity contribution >= 4 is 34.2 Å². The summed E-state index contributed by atoms with van der Waals surface area (Å²) in [6, 6.07) is 20.7. The third kappa shape index (κ3) is 8.47. The lowest BCUT2D eigenvalue weighted by Crippen LogP contribution is -2.50. The fraction of sp³-hybridized carbons (Fsp3) is 0.447. The molecule has 2 aromatic carbocycles. The first-order valence-electron chi connectivity index (χ1n) is 17.2. The van der Waals surface area contributed by atoms with Crippen molar-refractivity contribution in [2.75, 3.05) is 81.6 Å². The smallest absolute Gasteiger partial charge is 0.410 e. The highest BCUT2D eigenvalue weighted by Gasteiger charge is 2.26. The van der Waals surface area contributed by atoms with Crippen molar-refractivity contribution in [3.8, 4) is 22.8 Å². The van der Waals surface area contributed by atoms with Crippen molar-refractivity contribution < 1.29 is 14.3 Å². The van der Waals surface area contributed by atoms with Gasteiger partial charge in [-0.1, -0.05) is 0 Å². The first-order valence-corrected chi connectivity index (χ1v) is 17.2. The van der Waals surface area contributed by atoms with Crippen molar-refractivity contribution in [3.63, 3.8) is 0 Å². The predicted octanol–water partition coefficient (Wildman–Crippen LogP) is 7.11. The van der Waals surface area contributed by atoms with Gasteiger partial charge in [-0.25, -0.2) is 14.8 Å². The molecule has 4 aromatic rings. The van der Waals surface area contributed by atoms with Crippen molar-refractivity contribution in [1.82, 2.24) is 19.8 Å². The van der Waals surface area contributed by atoms with Gasteiger partial charge in [-0.2, -0.15) is 0 Å². The molecule has 2 aliphatic heterocycles. The van der Waals surface area contributed by atoms with Gasteiger partial charge in [-0.05, 0) is 115 Å². The third-order valence-corrected chi connectivity index (χ3v) is 8.72. The number of pyridine rings is 2. The topological polar surface area (TPSA) is 86.3 Å². The number of hydrogen-bond donors (Lipinski definition) is 1. The summed E-state index contributed by atoms with van der Waals surface area (Å²) in [6.45, 7) is 12.4. The first-order chi connectivity index (χ1) is 23.1. The van der Waals surface area contributed by atoms with Crippen LogP contribution in [0.1, 0.15) is 40.0 Å². The molecule has 10 nitrogen and oxygen atoms in total. The molecular formula is C38H49N7O3. The lowest BCUT2D eigenvalue weighted by Gasteiger charge is -2.36. The Morgan fingerprint density at radius 2 is 1.60 bits per heavy atom. The zero-order valence-electron chi connectivity index (χ0n) is 29.0. The molecule has 6 rings (SSSR count). The number of benzene rings is 2. The number of piperazine rings is 1. The minimum atomic E-state index is -0.502. The molecule has 2 saturated heterocycles. The van der Waals surface area contributed by atoms with Gasteiger partial charge in [-0.15, -0.1) is 0 Å². The van der Waals surface area contributed by atoms with Gasteiger partial charge in [0.1, 0.15) is 22.9 Å². The van der Waals surface area contributed by atoms with Gasteiger partial charge in [0.15, 0.2) is 0 Å². The number of anilines is 3. The summed E-state index contributed by atoms with van der Waals surface area (Å²) in [5.74, 6) is 2.44. The molecule has 0 bridgehead atoms. The molecule has 2 fully saturated rings. The maximum Gasteiger partial charge on any atom is 0.410 e. The number of carbonyl (C=O) groups is 1. The van der Waals surface area contributed by atoms with Crippen LogP contribution in [0.15, 0.2) is 66.9 Å². The van der Waals surface area contributed by atoms with Gasteiger partial charge < -0.3 is 34.4 Å². The number of ether oxygens (including phenoxy) is 2. The number of carbonyl (C=O) groups excluding carboxylic acids is 1. The molecule has 0 unspecified atom stereocenters. The molecule has 48 heavy (non-hydrogen) atoms. The fourth-order valence-electron chi connectivity index (χ4n) is 6.19. The van der Waals surface area contributed by atoms with E-state index in [1.807, 2.05) is 57.3 Å². The Bertz CT molecular complexity index is 1670. The highest BCUT2D eigenvalue weighted by molar-refractivity contribution is 5.94. The van der Waals surface area contributed by atoms with E-state index < -0.39 is 5.60 Å². The van der Waals surface area contributed by atoms with Gasteiger partial charge in [0.2, 0.25) is 0 Å². The minimum Gasteiger partial charge on any atom is -0.457 e.